The molecule has 2 heterocycles. The van der Waals surface area contributed by atoms with Gasteiger partial charge in [0.05, 0.1) is 23.3 Å². The smallest absolute Gasteiger partial charge is 0.269 e. The van der Waals surface area contributed by atoms with Crippen LogP contribution in [0.25, 0.3) is 11.0 Å². The third-order valence-corrected chi connectivity index (χ3v) is 4.32. The van der Waals surface area contributed by atoms with Gasteiger partial charge in [-0.3, -0.25) is 14.2 Å². The molecule has 6 nitrogen and oxygen atoms in total. The molecule has 6 heteroatoms. The molecule has 1 amide bonds. The van der Waals surface area contributed by atoms with Crippen LogP contribution < -0.4 is 5.56 Å². The number of carbonyl (C=O) groups is 1. The van der Waals surface area contributed by atoms with Crippen molar-refractivity contribution in [1.82, 2.24) is 14.5 Å². The van der Waals surface area contributed by atoms with E-state index in [-0.39, 0.29) is 23.9 Å². The molecular formula is C16H19N3O3. The van der Waals surface area contributed by atoms with Crippen LogP contribution in [0.4, 0.5) is 0 Å². The topological polar surface area (TPSA) is 75.4 Å². The van der Waals surface area contributed by atoms with Gasteiger partial charge in [-0.1, -0.05) is 19.1 Å². The number of benzene rings is 1. The van der Waals surface area contributed by atoms with Gasteiger partial charge in [0.25, 0.3) is 5.56 Å². The van der Waals surface area contributed by atoms with Gasteiger partial charge in [0.15, 0.2) is 0 Å². The van der Waals surface area contributed by atoms with Gasteiger partial charge in [-0.25, -0.2) is 4.98 Å². The lowest BCUT2D eigenvalue weighted by Crippen LogP contribution is -2.47. The molecule has 1 aromatic heterocycles. The molecule has 0 spiro atoms. The molecule has 1 saturated heterocycles. The summed E-state index contributed by atoms with van der Waals surface area (Å²) >= 11 is 0. The van der Waals surface area contributed by atoms with Crippen molar-refractivity contribution < 1.29 is 9.90 Å². The van der Waals surface area contributed by atoms with Gasteiger partial charge in [0, 0.05) is 13.1 Å². The van der Waals surface area contributed by atoms with E-state index in [1.54, 1.807) is 11.0 Å². The Morgan fingerprint density at radius 1 is 1.41 bits per heavy atom. The molecule has 1 aromatic carbocycles. The number of rotatable bonds is 2. The van der Waals surface area contributed by atoms with Gasteiger partial charge in [-0.05, 0) is 24.5 Å². The Morgan fingerprint density at radius 2 is 2.18 bits per heavy atom. The zero-order chi connectivity index (χ0) is 15.7. The van der Waals surface area contributed by atoms with Crippen LogP contribution in [0.5, 0.6) is 0 Å². The third kappa shape index (κ3) is 2.74. The van der Waals surface area contributed by atoms with E-state index in [0.717, 1.165) is 6.42 Å². The quantitative estimate of drug-likeness (QED) is 0.882. The maximum atomic E-state index is 12.5. The second-order valence-electron chi connectivity index (χ2n) is 5.84. The highest BCUT2D eigenvalue weighted by atomic mass is 16.3. The number of nitrogens with zero attached hydrogens (tertiary/aromatic N) is 3. The van der Waals surface area contributed by atoms with Crippen molar-refractivity contribution in [2.45, 2.75) is 26.0 Å². The Bertz CT molecular complexity index is 756. The highest BCUT2D eigenvalue weighted by molar-refractivity contribution is 5.80. The van der Waals surface area contributed by atoms with Crippen molar-refractivity contribution in [1.29, 1.82) is 0 Å². The molecule has 1 aliphatic heterocycles. The van der Waals surface area contributed by atoms with Crippen LogP contribution in [0.3, 0.4) is 0 Å². The average molecular weight is 301 g/mol. The summed E-state index contributed by atoms with van der Waals surface area (Å²) < 4.78 is 1.44. The molecule has 0 saturated carbocycles. The van der Waals surface area contributed by atoms with Crippen LogP contribution in [-0.4, -0.2) is 44.7 Å². The number of aliphatic hydroxyl groups excluding tert-OH is 1. The van der Waals surface area contributed by atoms with E-state index in [2.05, 4.69) is 4.98 Å². The van der Waals surface area contributed by atoms with Crippen LogP contribution in [0, 0.1) is 5.92 Å². The molecular weight excluding hydrogens is 282 g/mol. The summed E-state index contributed by atoms with van der Waals surface area (Å²) in [6.07, 6.45) is 1.52. The van der Waals surface area contributed by atoms with Gasteiger partial charge in [0.1, 0.15) is 6.54 Å². The lowest BCUT2D eigenvalue weighted by Gasteiger charge is -2.34. The maximum Gasteiger partial charge on any atom is 0.269 e. The Hall–Kier alpha value is -2.21. The second kappa shape index (κ2) is 5.88. The summed E-state index contributed by atoms with van der Waals surface area (Å²) in [6.45, 7) is 2.91. The minimum atomic E-state index is -0.497. The Labute approximate surface area is 128 Å². The molecule has 0 bridgehead atoms. The normalized spacial score (nSPS) is 22.0. The lowest BCUT2D eigenvalue weighted by molar-refractivity contribution is -0.136. The Balaban J connectivity index is 1.86. The first-order valence-corrected chi connectivity index (χ1v) is 7.46. The van der Waals surface area contributed by atoms with E-state index in [1.165, 1.54) is 10.8 Å². The van der Waals surface area contributed by atoms with E-state index in [4.69, 9.17) is 0 Å². The van der Waals surface area contributed by atoms with Crippen LogP contribution in [0.2, 0.25) is 0 Å². The largest absolute Gasteiger partial charge is 0.391 e. The first kappa shape index (κ1) is 14.7. The van der Waals surface area contributed by atoms with Crippen molar-refractivity contribution in [2.75, 3.05) is 13.1 Å². The lowest BCUT2D eigenvalue weighted by atomic mass is 9.96. The fraction of sp³-hybridized carbons (Fsp3) is 0.438. The predicted octanol–water partition coefficient (Wildman–Crippen LogP) is 0.626. The molecule has 1 aliphatic rings. The monoisotopic (exact) mass is 301 g/mol. The number of para-hydroxylation sites is 2. The van der Waals surface area contributed by atoms with Crippen molar-refractivity contribution in [3.63, 3.8) is 0 Å². The van der Waals surface area contributed by atoms with Crippen LogP contribution in [0.15, 0.2) is 35.3 Å². The highest BCUT2D eigenvalue weighted by Crippen LogP contribution is 2.17. The number of amides is 1. The zero-order valence-corrected chi connectivity index (χ0v) is 12.5. The highest BCUT2D eigenvalue weighted by Gasteiger charge is 2.27. The van der Waals surface area contributed by atoms with Gasteiger partial charge >= 0.3 is 0 Å². The minimum absolute atomic E-state index is 0.0248. The molecule has 1 fully saturated rings. The number of fused-ring (bicyclic) bond motifs is 1. The number of aliphatic hydroxyl groups is 1. The molecule has 116 valence electrons. The van der Waals surface area contributed by atoms with Crippen molar-refractivity contribution in [3.05, 3.63) is 40.8 Å². The molecule has 0 radical (unpaired) electrons. The number of piperidine rings is 1. The first-order chi connectivity index (χ1) is 10.6. The Kier molecular flexibility index (Phi) is 3.94. The van der Waals surface area contributed by atoms with E-state index in [1.807, 2.05) is 25.1 Å². The van der Waals surface area contributed by atoms with Gasteiger partial charge in [-0.2, -0.15) is 0 Å². The summed E-state index contributed by atoms with van der Waals surface area (Å²) in [5.74, 6) is 0.0536. The van der Waals surface area contributed by atoms with Crippen molar-refractivity contribution in [3.8, 4) is 0 Å². The molecule has 0 aliphatic carbocycles. The van der Waals surface area contributed by atoms with Crippen molar-refractivity contribution in [2.24, 2.45) is 5.92 Å². The third-order valence-electron chi connectivity index (χ3n) is 4.32. The fourth-order valence-electron chi connectivity index (χ4n) is 2.79. The van der Waals surface area contributed by atoms with Crippen LogP contribution in [0.1, 0.15) is 13.3 Å². The first-order valence-electron chi connectivity index (χ1n) is 7.46. The van der Waals surface area contributed by atoms with Gasteiger partial charge in [0.2, 0.25) is 5.91 Å². The summed E-state index contributed by atoms with van der Waals surface area (Å²) in [4.78, 5) is 30.2. The SMILES string of the molecule is CC1CCN(C(=O)Cn2c(=O)cnc3ccccc32)CC1O. The number of hydrogen-bond donors (Lipinski definition) is 1. The Morgan fingerprint density at radius 3 is 2.95 bits per heavy atom. The maximum absolute atomic E-state index is 12.5. The number of hydrogen-bond acceptors (Lipinski definition) is 4. The molecule has 2 atom stereocenters. The number of carbonyl (C=O) groups excluding carboxylic acids is 1. The summed E-state index contributed by atoms with van der Waals surface area (Å²) in [7, 11) is 0. The second-order valence-corrected chi connectivity index (χ2v) is 5.84. The zero-order valence-electron chi connectivity index (χ0n) is 12.5. The number of aromatic nitrogens is 2. The number of likely N-dealkylation sites (tertiary alicyclic amines) is 1. The van der Waals surface area contributed by atoms with Crippen molar-refractivity contribution >= 4 is 16.9 Å². The summed E-state index contributed by atoms with van der Waals surface area (Å²) in [5.41, 5.74) is 1.04. The van der Waals surface area contributed by atoms with Crippen LogP contribution >= 0.6 is 0 Å². The molecule has 2 unspecified atom stereocenters. The van der Waals surface area contributed by atoms with E-state index in [9.17, 15) is 14.7 Å². The summed E-state index contributed by atoms with van der Waals surface area (Å²) in [5, 5.41) is 9.92. The minimum Gasteiger partial charge on any atom is -0.391 e. The van der Waals surface area contributed by atoms with Gasteiger partial charge < -0.3 is 10.0 Å². The fourth-order valence-corrected chi connectivity index (χ4v) is 2.79. The van der Waals surface area contributed by atoms with E-state index < -0.39 is 6.10 Å². The molecule has 2 aromatic rings. The van der Waals surface area contributed by atoms with Crippen LogP contribution in [-0.2, 0) is 11.3 Å². The molecule has 22 heavy (non-hydrogen) atoms. The average Bonchev–Trinajstić information content (AvgIpc) is 2.52. The number of β-amino-alcohol motifs (C(OH)–C–C–N with tert-alkyl or cyclic N) is 1. The van der Waals surface area contributed by atoms with Gasteiger partial charge in [-0.15, -0.1) is 0 Å². The standard InChI is InChI=1S/C16H19N3O3/c1-11-6-7-18(9-14(11)20)16(22)10-19-13-5-3-2-4-12(13)17-8-15(19)21/h2-5,8,11,14,20H,6-7,9-10H2,1H3. The summed E-state index contributed by atoms with van der Waals surface area (Å²) in [6, 6.07) is 7.25. The van der Waals surface area contributed by atoms with E-state index >= 15 is 0 Å². The molecule has 3 rings (SSSR count). The molecule has 1 N–H and O–H groups in total. The van der Waals surface area contributed by atoms with E-state index in [0.29, 0.717) is 24.1 Å². The predicted molar refractivity (Wildman–Crippen MR) is 82.4 cm³/mol.